The van der Waals surface area contributed by atoms with Crippen molar-refractivity contribution in [1.82, 2.24) is 5.32 Å². The summed E-state index contributed by atoms with van der Waals surface area (Å²) in [5, 5.41) is 17.0. The molecule has 0 spiro atoms. The van der Waals surface area contributed by atoms with Crippen LogP contribution in [-0.2, 0) is 4.74 Å². The highest BCUT2D eigenvalue weighted by Gasteiger charge is 2.15. The molecular formula is C13H21N3O3. The topological polar surface area (TPSA) is 77.3 Å². The van der Waals surface area contributed by atoms with Gasteiger partial charge in [-0.3, -0.25) is 5.32 Å². The Morgan fingerprint density at radius 1 is 1.37 bits per heavy atom. The molecular weight excluding hydrogens is 246 g/mol. The summed E-state index contributed by atoms with van der Waals surface area (Å²) in [5.41, 5.74) is -0.486. The van der Waals surface area contributed by atoms with Crippen LogP contribution in [0.2, 0.25) is 0 Å². The number of amides is 1. The fourth-order valence-corrected chi connectivity index (χ4v) is 1.37. The van der Waals surface area contributed by atoms with Crippen molar-refractivity contribution < 1.29 is 14.3 Å². The summed E-state index contributed by atoms with van der Waals surface area (Å²) < 4.78 is 5.86. The number of pyridine rings is 1. The molecule has 1 heterocycles. The molecule has 1 aromatic rings. The lowest BCUT2D eigenvalue weighted by Crippen LogP contribution is -2.34. The highest BCUT2D eigenvalue weighted by Crippen LogP contribution is 2.06. The molecule has 0 bridgehead atoms. The number of hydrogen-bond acceptors (Lipinski definition) is 4. The van der Waals surface area contributed by atoms with Gasteiger partial charge in [0.1, 0.15) is 5.60 Å². The number of anilines is 1. The average Bonchev–Trinajstić information content (AvgIpc) is 2.28. The van der Waals surface area contributed by atoms with Crippen LogP contribution in [0.5, 0.6) is 0 Å². The summed E-state index contributed by atoms with van der Waals surface area (Å²) in [6, 6.07) is 5.16. The van der Waals surface area contributed by atoms with Crippen LogP contribution in [0.25, 0.3) is 0 Å². The van der Waals surface area contributed by atoms with Crippen molar-refractivity contribution in [2.75, 3.05) is 18.4 Å². The van der Waals surface area contributed by atoms with Crippen LogP contribution in [0.4, 0.5) is 10.6 Å². The third-order valence-corrected chi connectivity index (χ3v) is 2.15. The standard InChI is InChI=1S/C13H21N3O3/c1-13(2,3)19-12(17)15-9-6-8-14-11-7-4-5-10-16(11)18/h4-5,7,10,14H,6,8-9H2,1-3H3,(H,15,17). The molecule has 2 N–H and O–H groups in total. The van der Waals surface area contributed by atoms with Crippen molar-refractivity contribution in [3.63, 3.8) is 0 Å². The number of rotatable bonds is 5. The van der Waals surface area contributed by atoms with Gasteiger partial charge in [-0.2, -0.15) is 0 Å². The Morgan fingerprint density at radius 2 is 2.11 bits per heavy atom. The number of carbonyl (C=O) groups is 1. The second kappa shape index (κ2) is 6.82. The Labute approximate surface area is 113 Å². The number of aromatic nitrogens is 1. The molecule has 0 atom stereocenters. The summed E-state index contributed by atoms with van der Waals surface area (Å²) >= 11 is 0. The molecule has 1 aromatic heterocycles. The van der Waals surface area contributed by atoms with Gasteiger partial charge in [-0.25, -0.2) is 9.52 Å². The van der Waals surface area contributed by atoms with Crippen LogP contribution < -0.4 is 15.4 Å². The SMILES string of the molecule is CC(C)(C)OC(=O)NCCCNc1cccc[n+]1[O-]. The van der Waals surface area contributed by atoms with E-state index < -0.39 is 11.7 Å². The average molecular weight is 267 g/mol. The quantitative estimate of drug-likeness (QED) is 0.483. The Balaban J connectivity index is 2.15. The van der Waals surface area contributed by atoms with Gasteiger partial charge in [-0.15, -0.1) is 0 Å². The Hall–Kier alpha value is -1.98. The molecule has 1 rings (SSSR count). The normalized spacial score (nSPS) is 10.9. The number of hydrogen-bond donors (Lipinski definition) is 2. The molecule has 6 heteroatoms. The Morgan fingerprint density at radius 3 is 2.74 bits per heavy atom. The van der Waals surface area contributed by atoms with E-state index in [1.807, 2.05) is 20.8 Å². The van der Waals surface area contributed by atoms with Gasteiger partial charge in [-0.1, -0.05) is 6.07 Å². The van der Waals surface area contributed by atoms with E-state index >= 15 is 0 Å². The first kappa shape index (κ1) is 15.1. The van der Waals surface area contributed by atoms with Crippen LogP contribution in [0, 0.1) is 5.21 Å². The van der Waals surface area contributed by atoms with Gasteiger partial charge in [0.2, 0.25) is 0 Å². The molecule has 1 amide bonds. The van der Waals surface area contributed by atoms with E-state index in [4.69, 9.17) is 4.74 Å². The van der Waals surface area contributed by atoms with Crippen LogP contribution in [0.1, 0.15) is 27.2 Å². The maximum atomic E-state index is 11.3. The fraction of sp³-hybridized carbons (Fsp3) is 0.538. The number of carbonyl (C=O) groups excluding carboxylic acids is 1. The molecule has 0 aliphatic carbocycles. The van der Waals surface area contributed by atoms with E-state index in [0.717, 1.165) is 4.73 Å². The number of alkyl carbamates (subject to hydrolysis) is 1. The molecule has 106 valence electrons. The van der Waals surface area contributed by atoms with E-state index in [9.17, 15) is 10.0 Å². The number of ether oxygens (including phenoxy) is 1. The minimum atomic E-state index is -0.486. The molecule has 0 fully saturated rings. The largest absolute Gasteiger partial charge is 0.711 e. The van der Waals surface area contributed by atoms with Gasteiger partial charge in [0.25, 0.3) is 5.82 Å². The predicted molar refractivity (Wildman–Crippen MR) is 72.7 cm³/mol. The van der Waals surface area contributed by atoms with Crippen LogP contribution >= 0.6 is 0 Å². The van der Waals surface area contributed by atoms with Crippen molar-refractivity contribution in [1.29, 1.82) is 0 Å². The lowest BCUT2D eigenvalue weighted by molar-refractivity contribution is -0.590. The minimum absolute atomic E-state index is 0.425. The van der Waals surface area contributed by atoms with Gasteiger partial charge in [0.05, 0.1) is 12.7 Å². The van der Waals surface area contributed by atoms with Gasteiger partial charge in [0, 0.05) is 19.0 Å². The smallest absolute Gasteiger partial charge is 0.407 e. The van der Waals surface area contributed by atoms with E-state index in [2.05, 4.69) is 10.6 Å². The highest BCUT2D eigenvalue weighted by atomic mass is 16.6. The first-order valence-electron chi connectivity index (χ1n) is 6.27. The van der Waals surface area contributed by atoms with E-state index in [0.29, 0.717) is 25.3 Å². The maximum absolute atomic E-state index is 11.3. The lowest BCUT2D eigenvalue weighted by Gasteiger charge is -2.19. The van der Waals surface area contributed by atoms with Gasteiger partial charge >= 0.3 is 6.09 Å². The zero-order chi connectivity index (χ0) is 14.3. The molecule has 19 heavy (non-hydrogen) atoms. The van der Waals surface area contributed by atoms with Gasteiger partial charge < -0.3 is 15.3 Å². The number of nitrogens with zero attached hydrogens (tertiary/aromatic N) is 1. The van der Waals surface area contributed by atoms with Crippen molar-refractivity contribution in [3.8, 4) is 0 Å². The summed E-state index contributed by atoms with van der Waals surface area (Å²) in [4.78, 5) is 11.3. The van der Waals surface area contributed by atoms with Crippen molar-refractivity contribution in [2.24, 2.45) is 0 Å². The van der Waals surface area contributed by atoms with Crippen molar-refractivity contribution >= 4 is 11.9 Å². The van der Waals surface area contributed by atoms with E-state index in [1.165, 1.54) is 6.20 Å². The molecule has 0 aromatic carbocycles. The molecule has 0 saturated carbocycles. The van der Waals surface area contributed by atoms with E-state index in [-0.39, 0.29) is 0 Å². The summed E-state index contributed by atoms with van der Waals surface area (Å²) in [5.74, 6) is 0.500. The lowest BCUT2D eigenvalue weighted by atomic mass is 10.2. The van der Waals surface area contributed by atoms with Crippen LogP contribution in [-0.4, -0.2) is 24.8 Å². The third-order valence-electron chi connectivity index (χ3n) is 2.15. The maximum Gasteiger partial charge on any atom is 0.407 e. The van der Waals surface area contributed by atoms with Crippen molar-refractivity contribution in [3.05, 3.63) is 29.6 Å². The zero-order valence-electron chi connectivity index (χ0n) is 11.6. The summed E-state index contributed by atoms with van der Waals surface area (Å²) in [7, 11) is 0. The Kier molecular flexibility index (Phi) is 5.41. The molecule has 0 radical (unpaired) electrons. The molecule has 0 aliphatic rings. The fourth-order valence-electron chi connectivity index (χ4n) is 1.37. The summed E-state index contributed by atoms with van der Waals surface area (Å²) in [6.07, 6.45) is 1.71. The minimum Gasteiger partial charge on any atom is -0.711 e. The number of nitrogens with one attached hydrogen (secondary N) is 2. The molecule has 0 unspecified atom stereocenters. The van der Waals surface area contributed by atoms with Crippen LogP contribution in [0.15, 0.2) is 24.4 Å². The van der Waals surface area contributed by atoms with E-state index in [1.54, 1.807) is 18.2 Å². The molecule has 0 aliphatic heterocycles. The Bertz CT molecular complexity index is 416. The zero-order valence-corrected chi connectivity index (χ0v) is 11.6. The van der Waals surface area contributed by atoms with Crippen molar-refractivity contribution in [2.45, 2.75) is 32.8 Å². The second-order valence-corrected chi connectivity index (χ2v) is 5.12. The predicted octanol–water partition coefficient (Wildman–Crippen LogP) is 1.65. The molecule has 6 nitrogen and oxygen atoms in total. The first-order chi connectivity index (χ1) is 8.88. The van der Waals surface area contributed by atoms with Gasteiger partial charge in [-0.05, 0) is 26.8 Å². The van der Waals surface area contributed by atoms with Gasteiger partial charge in [0.15, 0.2) is 0 Å². The summed E-state index contributed by atoms with van der Waals surface area (Å²) in [6.45, 7) is 6.54. The molecule has 0 saturated heterocycles. The van der Waals surface area contributed by atoms with Crippen LogP contribution in [0.3, 0.4) is 0 Å². The third kappa shape index (κ3) is 6.49. The first-order valence-corrected chi connectivity index (χ1v) is 6.27. The second-order valence-electron chi connectivity index (χ2n) is 5.12. The monoisotopic (exact) mass is 267 g/mol. The highest BCUT2D eigenvalue weighted by molar-refractivity contribution is 5.67.